The highest BCUT2D eigenvalue weighted by Gasteiger charge is 2.24. The monoisotopic (exact) mass is 254 g/mol. The standard InChI is InChI=1S/C14H20F2N2/c1-3-12-7-17-10(2)8-18(12)9-11-4-5-13(15)14(16)6-11/h4-6,10,12,17H,3,7-9H2,1-2H3. The van der Waals surface area contributed by atoms with Crippen LogP contribution in [0.25, 0.3) is 0 Å². The Morgan fingerprint density at radius 2 is 2.11 bits per heavy atom. The summed E-state index contributed by atoms with van der Waals surface area (Å²) < 4.78 is 26.1. The summed E-state index contributed by atoms with van der Waals surface area (Å²) in [6.07, 6.45) is 1.06. The van der Waals surface area contributed by atoms with Crippen LogP contribution in [0.1, 0.15) is 25.8 Å². The molecule has 100 valence electrons. The summed E-state index contributed by atoms with van der Waals surface area (Å²) in [4.78, 5) is 2.34. The minimum atomic E-state index is -0.778. The van der Waals surface area contributed by atoms with Crippen LogP contribution < -0.4 is 5.32 Å². The van der Waals surface area contributed by atoms with Gasteiger partial charge < -0.3 is 5.32 Å². The summed E-state index contributed by atoms with van der Waals surface area (Å²) in [6, 6.07) is 5.08. The smallest absolute Gasteiger partial charge is 0.159 e. The van der Waals surface area contributed by atoms with Crippen LogP contribution in [0, 0.1) is 11.6 Å². The first kappa shape index (κ1) is 13.4. The average molecular weight is 254 g/mol. The van der Waals surface area contributed by atoms with Crippen molar-refractivity contribution in [2.24, 2.45) is 0 Å². The first-order valence-corrected chi connectivity index (χ1v) is 6.51. The molecule has 0 radical (unpaired) electrons. The van der Waals surface area contributed by atoms with E-state index in [0.717, 1.165) is 25.1 Å². The van der Waals surface area contributed by atoms with Crippen LogP contribution in [0.15, 0.2) is 18.2 Å². The summed E-state index contributed by atoms with van der Waals surface area (Å²) in [5.74, 6) is -1.54. The van der Waals surface area contributed by atoms with Crippen molar-refractivity contribution >= 4 is 0 Å². The highest BCUT2D eigenvalue weighted by molar-refractivity contribution is 5.18. The van der Waals surface area contributed by atoms with Gasteiger partial charge in [-0.3, -0.25) is 4.90 Å². The second-order valence-corrected chi connectivity index (χ2v) is 5.05. The van der Waals surface area contributed by atoms with Gasteiger partial charge in [0, 0.05) is 31.7 Å². The van der Waals surface area contributed by atoms with Crippen molar-refractivity contribution in [2.45, 2.75) is 38.9 Å². The molecule has 0 aliphatic carbocycles. The van der Waals surface area contributed by atoms with Crippen molar-refractivity contribution in [3.05, 3.63) is 35.4 Å². The number of nitrogens with zero attached hydrogens (tertiary/aromatic N) is 1. The number of hydrogen-bond donors (Lipinski definition) is 1. The second-order valence-electron chi connectivity index (χ2n) is 5.05. The molecule has 1 aromatic rings. The Labute approximate surface area is 107 Å². The topological polar surface area (TPSA) is 15.3 Å². The van der Waals surface area contributed by atoms with Gasteiger partial charge in [0.05, 0.1) is 0 Å². The van der Waals surface area contributed by atoms with Crippen LogP contribution >= 0.6 is 0 Å². The summed E-state index contributed by atoms with van der Waals surface area (Å²) in [5.41, 5.74) is 0.835. The summed E-state index contributed by atoms with van der Waals surface area (Å²) >= 11 is 0. The quantitative estimate of drug-likeness (QED) is 0.891. The predicted molar refractivity (Wildman–Crippen MR) is 68.3 cm³/mol. The lowest BCUT2D eigenvalue weighted by molar-refractivity contribution is 0.124. The molecule has 1 aliphatic heterocycles. The molecule has 2 atom stereocenters. The van der Waals surface area contributed by atoms with E-state index >= 15 is 0 Å². The SMILES string of the molecule is CCC1CNC(C)CN1Cc1ccc(F)c(F)c1. The fourth-order valence-electron chi connectivity index (χ4n) is 2.50. The predicted octanol–water partition coefficient (Wildman–Crippen LogP) is 2.54. The number of halogens is 2. The zero-order valence-electron chi connectivity index (χ0n) is 10.9. The van der Waals surface area contributed by atoms with E-state index in [1.807, 2.05) is 0 Å². The van der Waals surface area contributed by atoms with Crippen LogP contribution in [-0.4, -0.2) is 30.1 Å². The molecule has 1 aromatic carbocycles. The molecule has 1 saturated heterocycles. The van der Waals surface area contributed by atoms with Crippen molar-refractivity contribution in [3.8, 4) is 0 Å². The lowest BCUT2D eigenvalue weighted by atomic mass is 10.1. The number of benzene rings is 1. The molecule has 4 heteroatoms. The van der Waals surface area contributed by atoms with E-state index in [-0.39, 0.29) is 0 Å². The van der Waals surface area contributed by atoms with E-state index in [2.05, 4.69) is 24.1 Å². The van der Waals surface area contributed by atoms with E-state index in [1.165, 1.54) is 12.1 Å². The van der Waals surface area contributed by atoms with E-state index in [4.69, 9.17) is 0 Å². The van der Waals surface area contributed by atoms with Gasteiger partial charge in [-0.15, -0.1) is 0 Å². The molecule has 0 bridgehead atoms. The lowest BCUT2D eigenvalue weighted by Gasteiger charge is -2.39. The third-order valence-corrected chi connectivity index (χ3v) is 3.57. The van der Waals surface area contributed by atoms with E-state index < -0.39 is 11.6 Å². The highest BCUT2D eigenvalue weighted by atomic mass is 19.2. The van der Waals surface area contributed by atoms with Crippen molar-refractivity contribution in [2.75, 3.05) is 13.1 Å². The zero-order chi connectivity index (χ0) is 13.1. The molecule has 18 heavy (non-hydrogen) atoms. The molecule has 0 amide bonds. The van der Waals surface area contributed by atoms with E-state index in [0.29, 0.717) is 18.6 Å². The Balaban J connectivity index is 2.08. The number of rotatable bonds is 3. The van der Waals surface area contributed by atoms with Crippen LogP contribution in [0.4, 0.5) is 8.78 Å². The maximum Gasteiger partial charge on any atom is 0.159 e. The Kier molecular flexibility index (Phi) is 4.30. The molecule has 2 rings (SSSR count). The van der Waals surface area contributed by atoms with Crippen LogP contribution in [0.2, 0.25) is 0 Å². The van der Waals surface area contributed by atoms with Gasteiger partial charge in [-0.05, 0) is 31.0 Å². The molecule has 1 heterocycles. The molecule has 0 spiro atoms. The fraction of sp³-hybridized carbons (Fsp3) is 0.571. The normalized spacial score (nSPS) is 25.3. The molecular formula is C14H20F2N2. The Morgan fingerprint density at radius 1 is 1.33 bits per heavy atom. The van der Waals surface area contributed by atoms with Gasteiger partial charge in [-0.1, -0.05) is 13.0 Å². The van der Waals surface area contributed by atoms with Gasteiger partial charge in [-0.2, -0.15) is 0 Å². The van der Waals surface area contributed by atoms with Crippen molar-refractivity contribution < 1.29 is 8.78 Å². The first-order chi connectivity index (χ1) is 8.60. The molecule has 1 fully saturated rings. The Bertz CT molecular complexity index is 409. The summed E-state index contributed by atoms with van der Waals surface area (Å²) in [7, 11) is 0. The lowest BCUT2D eigenvalue weighted by Crippen LogP contribution is -2.54. The average Bonchev–Trinajstić information content (AvgIpc) is 2.34. The first-order valence-electron chi connectivity index (χ1n) is 6.51. The Morgan fingerprint density at radius 3 is 2.78 bits per heavy atom. The minimum Gasteiger partial charge on any atom is -0.311 e. The number of piperazine rings is 1. The van der Waals surface area contributed by atoms with E-state index in [1.54, 1.807) is 6.07 Å². The summed E-state index contributed by atoms with van der Waals surface area (Å²) in [6.45, 7) is 6.88. The number of hydrogen-bond acceptors (Lipinski definition) is 2. The third-order valence-electron chi connectivity index (χ3n) is 3.57. The van der Waals surface area contributed by atoms with Crippen LogP contribution in [-0.2, 0) is 6.54 Å². The highest BCUT2D eigenvalue weighted by Crippen LogP contribution is 2.16. The molecule has 0 saturated carbocycles. The summed E-state index contributed by atoms with van der Waals surface area (Å²) in [5, 5.41) is 3.44. The largest absolute Gasteiger partial charge is 0.311 e. The zero-order valence-corrected chi connectivity index (χ0v) is 10.9. The maximum atomic E-state index is 13.2. The van der Waals surface area contributed by atoms with E-state index in [9.17, 15) is 8.78 Å². The molecule has 0 aromatic heterocycles. The van der Waals surface area contributed by atoms with Crippen LogP contribution in [0.3, 0.4) is 0 Å². The number of nitrogens with one attached hydrogen (secondary N) is 1. The van der Waals surface area contributed by atoms with Gasteiger partial charge in [-0.25, -0.2) is 8.78 Å². The van der Waals surface area contributed by atoms with Crippen molar-refractivity contribution in [1.29, 1.82) is 0 Å². The molecular weight excluding hydrogens is 234 g/mol. The molecule has 2 unspecified atom stereocenters. The second kappa shape index (κ2) is 5.76. The maximum absolute atomic E-state index is 13.2. The van der Waals surface area contributed by atoms with Crippen molar-refractivity contribution in [3.63, 3.8) is 0 Å². The van der Waals surface area contributed by atoms with Gasteiger partial charge in [0.15, 0.2) is 11.6 Å². The minimum absolute atomic E-state index is 0.443. The Hall–Kier alpha value is -1.00. The van der Waals surface area contributed by atoms with Gasteiger partial charge in [0.25, 0.3) is 0 Å². The molecule has 2 nitrogen and oxygen atoms in total. The fourth-order valence-corrected chi connectivity index (χ4v) is 2.50. The van der Waals surface area contributed by atoms with Gasteiger partial charge in [0.1, 0.15) is 0 Å². The molecule has 1 aliphatic rings. The van der Waals surface area contributed by atoms with Gasteiger partial charge in [0.2, 0.25) is 0 Å². The van der Waals surface area contributed by atoms with Crippen LogP contribution in [0.5, 0.6) is 0 Å². The third kappa shape index (κ3) is 3.06. The van der Waals surface area contributed by atoms with Crippen molar-refractivity contribution in [1.82, 2.24) is 10.2 Å². The molecule has 1 N–H and O–H groups in total. The van der Waals surface area contributed by atoms with Gasteiger partial charge >= 0.3 is 0 Å².